The predicted octanol–water partition coefficient (Wildman–Crippen LogP) is 0.498. The molecule has 1 aromatic heterocycles. The topological polar surface area (TPSA) is 89.8 Å². The lowest BCUT2D eigenvalue weighted by Gasteiger charge is -2.04. The lowest BCUT2D eigenvalue weighted by atomic mass is 10.1. The van der Waals surface area contributed by atoms with Crippen LogP contribution in [-0.4, -0.2) is 10.2 Å². The number of benzene rings is 1. The molecule has 0 atom stereocenters. The van der Waals surface area contributed by atoms with E-state index < -0.39 is 0 Å². The number of anilines is 2. The Morgan fingerprint density at radius 3 is 2.85 bits per heavy atom. The van der Waals surface area contributed by atoms with Gasteiger partial charge in [-0.05, 0) is 6.07 Å². The monoisotopic (exact) mass is 175 g/mol. The Labute approximate surface area is 74.7 Å². The van der Waals surface area contributed by atoms with Crippen LogP contribution in [0, 0.1) is 0 Å². The summed E-state index contributed by atoms with van der Waals surface area (Å²) in [4.78, 5) is 0. The first kappa shape index (κ1) is 7.75. The van der Waals surface area contributed by atoms with Crippen LogP contribution in [-0.2, 0) is 0 Å². The van der Waals surface area contributed by atoms with Gasteiger partial charge in [-0.2, -0.15) is 5.10 Å². The molecular formula is C8H9N5. The van der Waals surface area contributed by atoms with Crippen molar-refractivity contribution in [2.24, 2.45) is 5.84 Å². The molecule has 0 aliphatic rings. The van der Waals surface area contributed by atoms with Gasteiger partial charge in [0.2, 0.25) is 0 Å². The fourth-order valence-electron chi connectivity index (χ4n) is 1.24. The van der Waals surface area contributed by atoms with Crippen LogP contribution in [0.25, 0.3) is 10.8 Å². The summed E-state index contributed by atoms with van der Waals surface area (Å²) in [5.74, 6) is 5.80. The molecular weight excluding hydrogens is 166 g/mol. The largest absolute Gasteiger partial charge is 0.398 e. The van der Waals surface area contributed by atoms with Crippen LogP contribution in [0.3, 0.4) is 0 Å². The summed E-state index contributed by atoms with van der Waals surface area (Å²) < 4.78 is 0. The van der Waals surface area contributed by atoms with Gasteiger partial charge in [0.25, 0.3) is 0 Å². The molecule has 2 rings (SSSR count). The van der Waals surface area contributed by atoms with Crippen molar-refractivity contribution in [2.45, 2.75) is 0 Å². The highest BCUT2D eigenvalue weighted by Crippen LogP contribution is 2.23. The van der Waals surface area contributed by atoms with Gasteiger partial charge in [-0.15, -0.1) is 5.10 Å². The number of hydrazine groups is 1. The minimum absolute atomic E-state index is 0.532. The van der Waals surface area contributed by atoms with E-state index >= 15 is 0 Å². The Morgan fingerprint density at radius 2 is 2.08 bits per heavy atom. The van der Waals surface area contributed by atoms with E-state index in [4.69, 9.17) is 11.6 Å². The molecule has 66 valence electrons. The molecule has 5 nitrogen and oxygen atoms in total. The van der Waals surface area contributed by atoms with Gasteiger partial charge < -0.3 is 11.2 Å². The second-order valence-corrected chi connectivity index (χ2v) is 2.65. The van der Waals surface area contributed by atoms with Crippen molar-refractivity contribution >= 4 is 22.3 Å². The highest BCUT2D eigenvalue weighted by atomic mass is 15.3. The molecule has 0 saturated carbocycles. The van der Waals surface area contributed by atoms with Crippen LogP contribution in [0.5, 0.6) is 0 Å². The average Bonchev–Trinajstić information content (AvgIpc) is 2.18. The minimum Gasteiger partial charge on any atom is -0.398 e. The summed E-state index contributed by atoms with van der Waals surface area (Å²) in [5, 5.41) is 9.32. The minimum atomic E-state index is 0.532. The molecule has 0 radical (unpaired) electrons. The van der Waals surface area contributed by atoms with Gasteiger partial charge in [0.1, 0.15) is 0 Å². The zero-order valence-electron chi connectivity index (χ0n) is 6.86. The molecule has 0 saturated heterocycles. The Kier molecular flexibility index (Phi) is 1.71. The quantitative estimate of drug-likeness (QED) is 0.333. The predicted molar refractivity (Wildman–Crippen MR) is 51.8 cm³/mol. The van der Waals surface area contributed by atoms with Gasteiger partial charge in [-0.1, -0.05) is 12.1 Å². The molecule has 1 aromatic carbocycles. The fourth-order valence-corrected chi connectivity index (χ4v) is 1.24. The third kappa shape index (κ3) is 1.15. The Bertz CT molecular complexity index is 439. The first-order valence-corrected chi connectivity index (χ1v) is 3.79. The first-order valence-electron chi connectivity index (χ1n) is 3.79. The van der Waals surface area contributed by atoms with Crippen LogP contribution >= 0.6 is 0 Å². The summed E-state index contributed by atoms with van der Waals surface area (Å²) >= 11 is 0. The first-order chi connectivity index (χ1) is 6.33. The molecule has 0 bridgehead atoms. The van der Waals surface area contributed by atoms with E-state index in [2.05, 4.69) is 15.6 Å². The van der Waals surface area contributed by atoms with E-state index in [1.165, 1.54) is 0 Å². The lowest BCUT2D eigenvalue weighted by Crippen LogP contribution is -2.09. The van der Waals surface area contributed by atoms with Gasteiger partial charge in [-0.25, -0.2) is 5.84 Å². The van der Waals surface area contributed by atoms with E-state index in [9.17, 15) is 0 Å². The molecule has 5 N–H and O–H groups in total. The summed E-state index contributed by atoms with van der Waals surface area (Å²) in [6.45, 7) is 0. The zero-order valence-corrected chi connectivity index (χ0v) is 6.86. The van der Waals surface area contributed by atoms with Gasteiger partial charge in [0.15, 0.2) is 5.82 Å². The number of hydrogen-bond donors (Lipinski definition) is 3. The lowest BCUT2D eigenvalue weighted by molar-refractivity contribution is 1.04. The summed E-state index contributed by atoms with van der Waals surface area (Å²) in [6, 6.07) is 5.54. The van der Waals surface area contributed by atoms with Crippen LogP contribution in [0.2, 0.25) is 0 Å². The van der Waals surface area contributed by atoms with Crippen molar-refractivity contribution in [2.75, 3.05) is 11.2 Å². The van der Waals surface area contributed by atoms with Gasteiger partial charge in [0.05, 0.1) is 6.20 Å². The molecule has 0 aliphatic carbocycles. The van der Waals surface area contributed by atoms with E-state index in [0.717, 1.165) is 10.8 Å². The van der Waals surface area contributed by atoms with Crippen molar-refractivity contribution in [1.82, 2.24) is 10.2 Å². The second-order valence-electron chi connectivity index (χ2n) is 2.65. The number of nitrogen functional groups attached to an aromatic ring is 2. The van der Waals surface area contributed by atoms with Crippen LogP contribution in [0.15, 0.2) is 24.4 Å². The van der Waals surface area contributed by atoms with Gasteiger partial charge in [-0.3, -0.25) is 0 Å². The van der Waals surface area contributed by atoms with Crippen molar-refractivity contribution in [3.05, 3.63) is 24.4 Å². The summed E-state index contributed by atoms with van der Waals surface area (Å²) in [7, 11) is 0. The molecule has 0 aliphatic heterocycles. The van der Waals surface area contributed by atoms with E-state index in [-0.39, 0.29) is 0 Å². The van der Waals surface area contributed by atoms with Crippen molar-refractivity contribution < 1.29 is 0 Å². The molecule has 0 unspecified atom stereocenters. The number of nitrogens with zero attached hydrogens (tertiary/aromatic N) is 2. The number of nitrogens with two attached hydrogens (primary N) is 2. The number of nitrogens with one attached hydrogen (secondary N) is 1. The SMILES string of the molecule is NNc1nncc2c(N)cccc12. The number of rotatable bonds is 1. The number of aromatic nitrogens is 2. The molecule has 0 amide bonds. The maximum Gasteiger partial charge on any atom is 0.170 e. The molecule has 1 heterocycles. The van der Waals surface area contributed by atoms with Crippen molar-refractivity contribution in [3.63, 3.8) is 0 Å². The maximum atomic E-state index is 5.74. The molecule has 5 heteroatoms. The number of fused-ring (bicyclic) bond motifs is 1. The second kappa shape index (κ2) is 2.87. The molecule has 2 aromatic rings. The van der Waals surface area contributed by atoms with Crippen LogP contribution in [0.1, 0.15) is 0 Å². The average molecular weight is 175 g/mol. The Balaban J connectivity index is 2.84. The third-order valence-electron chi connectivity index (χ3n) is 1.88. The van der Waals surface area contributed by atoms with Gasteiger partial charge in [0, 0.05) is 16.5 Å². The molecule has 0 spiro atoms. The van der Waals surface area contributed by atoms with E-state index in [0.29, 0.717) is 11.5 Å². The maximum absolute atomic E-state index is 5.74. The normalized spacial score (nSPS) is 10.2. The van der Waals surface area contributed by atoms with Crippen LogP contribution in [0.4, 0.5) is 11.5 Å². The Morgan fingerprint density at radius 1 is 1.23 bits per heavy atom. The third-order valence-corrected chi connectivity index (χ3v) is 1.88. The summed E-state index contributed by atoms with van der Waals surface area (Å²) in [6.07, 6.45) is 1.62. The standard InChI is InChI=1S/C8H9N5/c9-7-3-1-2-5-6(7)4-11-13-8(5)12-10/h1-4H,9-10H2,(H,12,13). The van der Waals surface area contributed by atoms with Crippen molar-refractivity contribution in [1.29, 1.82) is 0 Å². The Hall–Kier alpha value is -1.88. The molecule has 13 heavy (non-hydrogen) atoms. The van der Waals surface area contributed by atoms with E-state index in [1.807, 2.05) is 18.2 Å². The summed E-state index contributed by atoms with van der Waals surface area (Å²) in [5.41, 5.74) is 8.88. The fraction of sp³-hybridized carbons (Fsp3) is 0. The number of hydrogen-bond acceptors (Lipinski definition) is 5. The zero-order chi connectivity index (χ0) is 9.26. The smallest absolute Gasteiger partial charge is 0.170 e. The van der Waals surface area contributed by atoms with E-state index in [1.54, 1.807) is 6.20 Å². The van der Waals surface area contributed by atoms with Crippen LogP contribution < -0.4 is 17.0 Å². The highest BCUT2D eigenvalue weighted by molar-refractivity contribution is 5.98. The molecule has 0 fully saturated rings. The van der Waals surface area contributed by atoms with Gasteiger partial charge >= 0.3 is 0 Å². The van der Waals surface area contributed by atoms with Crippen molar-refractivity contribution in [3.8, 4) is 0 Å². The highest BCUT2D eigenvalue weighted by Gasteiger charge is 2.02.